The molecule has 0 fully saturated rings. The van der Waals surface area contributed by atoms with E-state index in [2.05, 4.69) is 10.1 Å². The van der Waals surface area contributed by atoms with E-state index in [0.29, 0.717) is 12.1 Å². The molecule has 0 bridgehead atoms. The zero-order valence-electron chi connectivity index (χ0n) is 11.5. The second-order valence-electron chi connectivity index (χ2n) is 4.64. The number of alkyl halides is 2. The van der Waals surface area contributed by atoms with Gasteiger partial charge in [0.15, 0.2) is 0 Å². The lowest BCUT2D eigenvalue weighted by molar-refractivity contribution is -0.0505. The Morgan fingerprint density at radius 3 is 2.38 bits per heavy atom. The zero-order valence-corrected chi connectivity index (χ0v) is 11.5. The summed E-state index contributed by atoms with van der Waals surface area (Å²) in [6.45, 7) is -0.550. The molecule has 0 aliphatic heterocycles. The number of nitrogens with one attached hydrogen (secondary N) is 1. The molecular weight excluding hydrogens is 279 g/mol. The van der Waals surface area contributed by atoms with Crippen molar-refractivity contribution in [1.29, 1.82) is 0 Å². The van der Waals surface area contributed by atoms with Crippen molar-refractivity contribution < 1.29 is 17.9 Å². The number of benzene rings is 2. The first kappa shape index (κ1) is 15.4. The monoisotopic (exact) mass is 295 g/mol. The molecule has 0 amide bonds. The van der Waals surface area contributed by atoms with Gasteiger partial charge in [-0.15, -0.1) is 0 Å². The third kappa shape index (κ3) is 4.49. The van der Waals surface area contributed by atoms with Crippen LogP contribution in [0.4, 0.5) is 13.2 Å². The third-order valence-corrected chi connectivity index (χ3v) is 3.16. The van der Waals surface area contributed by atoms with Crippen LogP contribution >= 0.6 is 0 Å². The fourth-order valence-corrected chi connectivity index (χ4v) is 1.99. The van der Waals surface area contributed by atoms with Gasteiger partial charge in [0.25, 0.3) is 0 Å². The fraction of sp³-hybridized carbons (Fsp3) is 0.250. The summed E-state index contributed by atoms with van der Waals surface area (Å²) in [6.07, 6.45) is 0. The molecule has 2 rings (SSSR count). The topological polar surface area (TPSA) is 21.3 Å². The SMILES string of the molecule is CC(NCc1ccccc1OC(F)F)c1ccc(F)cc1. The maximum Gasteiger partial charge on any atom is 0.387 e. The average Bonchev–Trinajstić information content (AvgIpc) is 2.46. The van der Waals surface area contributed by atoms with E-state index in [0.717, 1.165) is 5.56 Å². The molecule has 2 nitrogen and oxygen atoms in total. The van der Waals surface area contributed by atoms with Gasteiger partial charge < -0.3 is 10.1 Å². The van der Waals surface area contributed by atoms with Crippen molar-refractivity contribution in [2.75, 3.05) is 0 Å². The second kappa shape index (κ2) is 7.13. The number of para-hydroxylation sites is 1. The summed E-state index contributed by atoms with van der Waals surface area (Å²) in [6, 6.07) is 12.8. The lowest BCUT2D eigenvalue weighted by Crippen LogP contribution is -2.19. The molecular formula is C16H16F3NO. The van der Waals surface area contributed by atoms with Crippen LogP contribution in [0.15, 0.2) is 48.5 Å². The van der Waals surface area contributed by atoms with Crippen LogP contribution in [0.1, 0.15) is 24.1 Å². The smallest absolute Gasteiger partial charge is 0.387 e. The molecule has 0 aliphatic carbocycles. The lowest BCUT2D eigenvalue weighted by atomic mass is 10.1. The highest BCUT2D eigenvalue weighted by atomic mass is 19.3. The van der Waals surface area contributed by atoms with Crippen molar-refractivity contribution in [2.24, 2.45) is 0 Å². The molecule has 21 heavy (non-hydrogen) atoms. The summed E-state index contributed by atoms with van der Waals surface area (Å²) in [5.74, 6) is -0.132. The molecule has 2 aromatic rings. The average molecular weight is 295 g/mol. The van der Waals surface area contributed by atoms with Gasteiger partial charge in [0, 0.05) is 18.2 Å². The summed E-state index contributed by atoms with van der Waals surface area (Å²) in [4.78, 5) is 0. The highest BCUT2D eigenvalue weighted by Gasteiger charge is 2.10. The Balaban J connectivity index is 2.01. The van der Waals surface area contributed by atoms with Gasteiger partial charge in [-0.2, -0.15) is 8.78 Å². The van der Waals surface area contributed by atoms with Gasteiger partial charge >= 0.3 is 6.61 Å². The van der Waals surface area contributed by atoms with E-state index >= 15 is 0 Å². The highest BCUT2D eigenvalue weighted by Crippen LogP contribution is 2.21. The second-order valence-corrected chi connectivity index (χ2v) is 4.64. The van der Waals surface area contributed by atoms with E-state index in [-0.39, 0.29) is 17.6 Å². The Labute approximate surface area is 121 Å². The van der Waals surface area contributed by atoms with Crippen LogP contribution in [0.2, 0.25) is 0 Å². The van der Waals surface area contributed by atoms with Crippen molar-refractivity contribution in [1.82, 2.24) is 5.32 Å². The molecule has 0 spiro atoms. The Morgan fingerprint density at radius 1 is 1.05 bits per heavy atom. The molecule has 2 aromatic carbocycles. The summed E-state index contributed by atoms with van der Waals surface area (Å²) in [5, 5.41) is 3.20. The van der Waals surface area contributed by atoms with Crippen molar-refractivity contribution in [2.45, 2.75) is 26.1 Å². The van der Waals surface area contributed by atoms with Crippen LogP contribution in [0.25, 0.3) is 0 Å². The van der Waals surface area contributed by atoms with E-state index in [9.17, 15) is 13.2 Å². The summed E-state index contributed by atoms with van der Waals surface area (Å²) >= 11 is 0. The maximum absolute atomic E-state index is 12.9. The first-order valence-electron chi connectivity index (χ1n) is 6.58. The Bertz CT molecular complexity index is 572. The molecule has 5 heteroatoms. The summed E-state index contributed by atoms with van der Waals surface area (Å²) < 4.78 is 42.0. The van der Waals surface area contributed by atoms with Gasteiger partial charge in [-0.25, -0.2) is 4.39 Å². The minimum Gasteiger partial charge on any atom is -0.434 e. The van der Waals surface area contributed by atoms with Crippen LogP contribution in [-0.4, -0.2) is 6.61 Å². The van der Waals surface area contributed by atoms with Gasteiger partial charge in [-0.3, -0.25) is 0 Å². The van der Waals surface area contributed by atoms with Gasteiger partial charge in [-0.05, 0) is 30.7 Å². The van der Waals surface area contributed by atoms with Crippen LogP contribution in [0, 0.1) is 5.82 Å². The molecule has 0 radical (unpaired) electrons. The molecule has 0 aromatic heterocycles. The standard InChI is InChI=1S/C16H16F3NO/c1-11(12-6-8-14(17)9-7-12)20-10-13-4-2-3-5-15(13)21-16(18)19/h2-9,11,16,20H,10H2,1H3. The number of hydrogen-bond acceptors (Lipinski definition) is 2. The van der Waals surface area contributed by atoms with E-state index in [1.165, 1.54) is 18.2 Å². The van der Waals surface area contributed by atoms with Crippen molar-refractivity contribution >= 4 is 0 Å². The van der Waals surface area contributed by atoms with Crippen molar-refractivity contribution in [3.63, 3.8) is 0 Å². The summed E-state index contributed by atoms with van der Waals surface area (Å²) in [7, 11) is 0. The van der Waals surface area contributed by atoms with E-state index in [4.69, 9.17) is 0 Å². The van der Waals surface area contributed by atoms with Gasteiger partial charge in [0.2, 0.25) is 0 Å². The van der Waals surface area contributed by atoms with Crippen molar-refractivity contribution in [3.8, 4) is 5.75 Å². The lowest BCUT2D eigenvalue weighted by Gasteiger charge is -2.16. The fourth-order valence-electron chi connectivity index (χ4n) is 1.99. The van der Waals surface area contributed by atoms with Crippen LogP contribution in [0.5, 0.6) is 5.75 Å². The maximum atomic E-state index is 12.9. The largest absolute Gasteiger partial charge is 0.434 e. The molecule has 0 heterocycles. The third-order valence-electron chi connectivity index (χ3n) is 3.16. The van der Waals surface area contributed by atoms with E-state index in [1.807, 2.05) is 6.92 Å². The summed E-state index contributed by atoms with van der Waals surface area (Å²) in [5.41, 5.74) is 1.57. The number of rotatable bonds is 6. The molecule has 1 atom stereocenters. The van der Waals surface area contributed by atoms with Crippen LogP contribution < -0.4 is 10.1 Å². The molecule has 0 saturated carbocycles. The molecule has 0 saturated heterocycles. The quantitative estimate of drug-likeness (QED) is 0.859. The first-order chi connectivity index (χ1) is 10.1. The highest BCUT2D eigenvalue weighted by molar-refractivity contribution is 5.33. The zero-order chi connectivity index (χ0) is 15.2. The number of hydrogen-bond donors (Lipinski definition) is 1. The van der Waals surface area contributed by atoms with Crippen LogP contribution in [0.3, 0.4) is 0 Å². The normalized spacial score (nSPS) is 12.4. The van der Waals surface area contributed by atoms with Crippen LogP contribution in [-0.2, 0) is 6.54 Å². The van der Waals surface area contributed by atoms with E-state index < -0.39 is 6.61 Å². The first-order valence-corrected chi connectivity index (χ1v) is 6.58. The molecule has 112 valence electrons. The molecule has 0 aliphatic rings. The van der Waals surface area contributed by atoms with E-state index in [1.54, 1.807) is 30.3 Å². The van der Waals surface area contributed by atoms with Gasteiger partial charge in [0.05, 0.1) is 0 Å². The predicted molar refractivity (Wildman–Crippen MR) is 74.7 cm³/mol. The molecule has 1 N–H and O–H groups in total. The van der Waals surface area contributed by atoms with Crippen molar-refractivity contribution in [3.05, 3.63) is 65.5 Å². The number of halogens is 3. The van der Waals surface area contributed by atoms with Gasteiger partial charge in [-0.1, -0.05) is 30.3 Å². The predicted octanol–water partition coefficient (Wildman–Crippen LogP) is 4.28. The Morgan fingerprint density at radius 2 is 1.71 bits per heavy atom. The Hall–Kier alpha value is -2.01. The number of ether oxygens (including phenoxy) is 1. The van der Waals surface area contributed by atoms with Gasteiger partial charge in [0.1, 0.15) is 11.6 Å². The molecule has 1 unspecified atom stereocenters. The Kier molecular flexibility index (Phi) is 5.22. The minimum absolute atomic E-state index is 0.0368. The minimum atomic E-state index is -2.85.